The summed E-state index contributed by atoms with van der Waals surface area (Å²) >= 11 is 0. The number of benzene rings is 1. The van der Waals surface area contributed by atoms with Gasteiger partial charge in [0.15, 0.2) is 6.61 Å². The molecule has 1 spiro atoms. The van der Waals surface area contributed by atoms with E-state index in [1.165, 1.54) is 0 Å². The molecule has 5 rings (SSSR count). The molecule has 5 heteroatoms. The van der Waals surface area contributed by atoms with Gasteiger partial charge in [0, 0.05) is 5.56 Å². The number of ether oxygens (including phenoxy) is 2. The molecule has 1 N–H and O–H groups in total. The molecule has 0 bridgehead atoms. The highest BCUT2D eigenvalue weighted by Crippen LogP contribution is 2.59. The first-order valence-corrected chi connectivity index (χ1v) is 7.33. The fourth-order valence-corrected chi connectivity index (χ4v) is 4.52. The van der Waals surface area contributed by atoms with Gasteiger partial charge in [-0.25, -0.2) is 9.69 Å². The molecule has 0 saturated carbocycles. The summed E-state index contributed by atoms with van der Waals surface area (Å²) in [5.74, 6) is -0.287. The average Bonchev–Trinajstić information content (AvgIpc) is 3.05. The number of hydrogen-bond donors (Lipinski definition) is 1. The Morgan fingerprint density at radius 3 is 3.19 bits per heavy atom. The molecule has 1 aromatic carbocycles. The van der Waals surface area contributed by atoms with E-state index < -0.39 is 17.4 Å². The molecule has 3 atom stereocenters. The summed E-state index contributed by atoms with van der Waals surface area (Å²) in [5, 5.41) is 11.4. The standard InChI is InChI=1S/C16H15NO4/c18-14-17-11-5-1-3-10-4-2-7-15(19,13(10)11)12-6-8-21-16(12,17)9-20-14/h1,3,5-6,8,12,19H,2,4,7,9H2/t12-,15-,16-/m0/s1. The van der Waals surface area contributed by atoms with Crippen molar-refractivity contribution in [3.8, 4) is 0 Å². The quantitative estimate of drug-likeness (QED) is 0.792. The summed E-state index contributed by atoms with van der Waals surface area (Å²) in [6.07, 6.45) is 5.61. The first-order chi connectivity index (χ1) is 10.2. The molecule has 3 heterocycles. The van der Waals surface area contributed by atoms with Crippen molar-refractivity contribution in [2.45, 2.75) is 30.6 Å². The zero-order chi connectivity index (χ0) is 14.2. The third kappa shape index (κ3) is 1.12. The maximum Gasteiger partial charge on any atom is 0.417 e. The maximum atomic E-state index is 12.3. The minimum atomic E-state index is -0.984. The summed E-state index contributed by atoms with van der Waals surface area (Å²) < 4.78 is 11.1. The van der Waals surface area contributed by atoms with Crippen LogP contribution in [0.3, 0.4) is 0 Å². The van der Waals surface area contributed by atoms with E-state index in [1.54, 1.807) is 11.2 Å². The van der Waals surface area contributed by atoms with Gasteiger partial charge in [-0.1, -0.05) is 12.1 Å². The highest BCUT2D eigenvalue weighted by molar-refractivity contribution is 5.94. The van der Waals surface area contributed by atoms with Crippen LogP contribution in [0, 0.1) is 5.92 Å². The van der Waals surface area contributed by atoms with Gasteiger partial charge in [0.2, 0.25) is 5.72 Å². The van der Waals surface area contributed by atoms with E-state index in [0.29, 0.717) is 6.42 Å². The van der Waals surface area contributed by atoms with Gasteiger partial charge in [-0.15, -0.1) is 0 Å². The fourth-order valence-electron chi connectivity index (χ4n) is 4.52. The van der Waals surface area contributed by atoms with Crippen LogP contribution in [-0.4, -0.2) is 23.5 Å². The van der Waals surface area contributed by atoms with Crippen LogP contribution in [0.1, 0.15) is 24.0 Å². The van der Waals surface area contributed by atoms with Crippen LogP contribution in [-0.2, 0) is 21.5 Å². The Morgan fingerprint density at radius 1 is 1.38 bits per heavy atom. The summed E-state index contributed by atoms with van der Waals surface area (Å²) in [6.45, 7) is 0.148. The Morgan fingerprint density at radius 2 is 2.29 bits per heavy atom. The molecule has 21 heavy (non-hydrogen) atoms. The number of amides is 1. The van der Waals surface area contributed by atoms with Crippen LogP contribution in [0.15, 0.2) is 30.5 Å². The molecule has 1 aliphatic carbocycles. The Kier molecular flexibility index (Phi) is 1.89. The lowest BCUT2D eigenvalue weighted by Gasteiger charge is -2.51. The number of fused-ring (bicyclic) bond motifs is 2. The zero-order valence-electron chi connectivity index (χ0n) is 11.4. The molecule has 1 saturated heterocycles. The topological polar surface area (TPSA) is 59.0 Å². The van der Waals surface area contributed by atoms with Crippen LogP contribution in [0.5, 0.6) is 0 Å². The van der Waals surface area contributed by atoms with Gasteiger partial charge >= 0.3 is 6.09 Å². The molecule has 0 aromatic heterocycles. The predicted octanol–water partition coefficient (Wildman–Crippen LogP) is 2.04. The van der Waals surface area contributed by atoms with Crippen molar-refractivity contribution >= 4 is 11.8 Å². The molecular formula is C16H15NO4. The number of aryl methyl sites for hydroxylation is 1. The summed E-state index contributed by atoms with van der Waals surface area (Å²) in [4.78, 5) is 13.8. The monoisotopic (exact) mass is 285 g/mol. The van der Waals surface area contributed by atoms with Gasteiger partial charge in [-0.3, -0.25) is 0 Å². The van der Waals surface area contributed by atoms with Crippen molar-refractivity contribution in [1.29, 1.82) is 0 Å². The van der Waals surface area contributed by atoms with E-state index >= 15 is 0 Å². The van der Waals surface area contributed by atoms with Crippen molar-refractivity contribution < 1.29 is 19.4 Å². The molecule has 1 aromatic rings. The minimum absolute atomic E-state index is 0.148. The van der Waals surface area contributed by atoms with Gasteiger partial charge in [-0.05, 0) is 37.0 Å². The molecule has 1 fully saturated rings. The number of cyclic esters (lactones) is 1. The van der Waals surface area contributed by atoms with Gasteiger partial charge in [0.25, 0.3) is 0 Å². The molecule has 0 unspecified atom stereocenters. The van der Waals surface area contributed by atoms with Crippen molar-refractivity contribution in [1.82, 2.24) is 0 Å². The number of hydrogen-bond acceptors (Lipinski definition) is 4. The van der Waals surface area contributed by atoms with Crippen LogP contribution in [0.2, 0.25) is 0 Å². The van der Waals surface area contributed by atoms with Gasteiger partial charge in [0.1, 0.15) is 5.60 Å². The summed E-state index contributed by atoms with van der Waals surface area (Å²) in [7, 11) is 0. The van der Waals surface area contributed by atoms with Crippen molar-refractivity contribution in [3.63, 3.8) is 0 Å². The fraction of sp³-hybridized carbons (Fsp3) is 0.438. The molecule has 3 aliphatic heterocycles. The molecule has 5 nitrogen and oxygen atoms in total. The molecule has 0 radical (unpaired) electrons. The lowest BCUT2D eigenvalue weighted by molar-refractivity contribution is -0.113. The van der Waals surface area contributed by atoms with Crippen LogP contribution in [0.4, 0.5) is 10.5 Å². The van der Waals surface area contributed by atoms with E-state index in [-0.39, 0.29) is 12.5 Å². The lowest BCUT2D eigenvalue weighted by atomic mass is 9.65. The zero-order valence-corrected chi connectivity index (χ0v) is 11.4. The Balaban J connectivity index is 1.87. The Labute approximate surface area is 121 Å². The van der Waals surface area contributed by atoms with E-state index in [9.17, 15) is 9.90 Å². The Bertz CT molecular complexity index is 700. The maximum absolute atomic E-state index is 12.3. The van der Waals surface area contributed by atoms with E-state index in [1.807, 2.05) is 24.3 Å². The highest BCUT2D eigenvalue weighted by Gasteiger charge is 2.67. The second kappa shape index (κ2) is 3.42. The van der Waals surface area contributed by atoms with E-state index in [0.717, 1.165) is 29.7 Å². The second-order valence-electron chi connectivity index (χ2n) is 6.25. The third-order valence-electron chi connectivity index (χ3n) is 5.31. The normalized spacial score (nSPS) is 38.4. The molecule has 1 amide bonds. The van der Waals surface area contributed by atoms with Crippen molar-refractivity contribution in [3.05, 3.63) is 41.7 Å². The highest BCUT2D eigenvalue weighted by atomic mass is 16.6. The average molecular weight is 285 g/mol. The second-order valence-corrected chi connectivity index (χ2v) is 6.25. The van der Waals surface area contributed by atoms with E-state index in [2.05, 4.69) is 0 Å². The lowest BCUT2D eigenvalue weighted by Crippen LogP contribution is -2.62. The molecular weight excluding hydrogens is 270 g/mol. The molecule has 108 valence electrons. The van der Waals surface area contributed by atoms with Crippen LogP contribution >= 0.6 is 0 Å². The molecule has 4 aliphatic rings. The number of aliphatic hydroxyl groups is 1. The Hall–Kier alpha value is -2.01. The van der Waals surface area contributed by atoms with Gasteiger partial charge in [-0.2, -0.15) is 0 Å². The number of carbonyl (C=O) groups excluding carboxylic acids is 1. The number of rotatable bonds is 0. The first kappa shape index (κ1) is 11.6. The third-order valence-corrected chi connectivity index (χ3v) is 5.31. The number of anilines is 1. The van der Waals surface area contributed by atoms with Gasteiger partial charge < -0.3 is 14.6 Å². The largest absolute Gasteiger partial charge is 0.471 e. The number of nitrogens with zero attached hydrogens (tertiary/aromatic N) is 1. The first-order valence-electron chi connectivity index (χ1n) is 7.33. The SMILES string of the molecule is O=C1OC[C@]23OC=C[C@H]2[C@@]2(O)CCCc4cccc(c42)N13. The minimum Gasteiger partial charge on any atom is -0.471 e. The van der Waals surface area contributed by atoms with E-state index in [4.69, 9.17) is 9.47 Å². The van der Waals surface area contributed by atoms with Crippen molar-refractivity contribution in [2.75, 3.05) is 11.5 Å². The van der Waals surface area contributed by atoms with Gasteiger partial charge in [0.05, 0.1) is 17.9 Å². The number of carbonyl (C=O) groups is 1. The summed E-state index contributed by atoms with van der Waals surface area (Å²) in [6, 6.07) is 5.85. The smallest absolute Gasteiger partial charge is 0.417 e. The van der Waals surface area contributed by atoms with Crippen LogP contribution < -0.4 is 4.90 Å². The predicted molar refractivity (Wildman–Crippen MR) is 73.5 cm³/mol. The summed E-state index contributed by atoms with van der Waals surface area (Å²) in [5.41, 5.74) is 0.828. The van der Waals surface area contributed by atoms with Crippen LogP contribution in [0.25, 0.3) is 0 Å². The van der Waals surface area contributed by atoms with Crippen molar-refractivity contribution in [2.24, 2.45) is 5.92 Å².